The molecule has 4 saturated carbocycles. The van der Waals surface area contributed by atoms with Crippen LogP contribution in [0.15, 0.2) is 0 Å². The lowest BCUT2D eigenvalue weighted by Gasteiger charge is -2.59. The third kappa shape index (κ3) is 1.42. The Morgan fingerprint density at radius 3 is 1.93 bits per heavy atom. The van der Waals surface area contributed by atoms with Crippen molar-refractivity contribution in [2.45, 2.75) is 45.2 Å². The molecule has 4 rings (SSSR count). The van der Waals surface area contributed by atoms with E-state index in [0.717, 1.165) is 25.7 Å². The highest BCUT2D eigenvalue weighted by Gasteiger charge is 2.60. The Morgan fingerprint density at radius 1 is 1.00 bits per heavy atom. The zero-order chi connectivity index (χ0) is 10.8. The molecule has 0 aromatic carbocycles. The van der Waals surface area contributed by atoms with Gasteiger partial charge in [-0.1, -0.05) is 6.92 Å². The van der Waals surface area contributed by atoms with Gasteiger partial charge in [0.05, 0.1) is 5.92 Å². The van der Waals surface area contributed by atoms with Gasteiger partial charge in [0.15, 0.2) is 0 Å². The van der Waals surface area contributed by atoms with Gasteiger partial charge in [-0.05, 0) is 55.3 Å². The third-order valence-corrected chi connectivity index (χ3v) is 4.96. The summed E-state index contributed by atoms with van der Waals surface area (Å²) in [5.41, 5.74) is 0.248. The van der Waals surface area contributed by atoms with Gasteiger partial charge >= 0.3 is 6.18 Å². The van der Waals surface area contributed by atoms with Gasteiger partial charge in [-0.3, -0.25) is 0 Å². The fourth-order valence-corrected chi connectivity index (χ4v) is 4.97. The number of halogens is 3. The summed E-state index contributed by atoms with van der Waals surface area (Å²) in [6.07, 6.45) is 0.574. The summed E-state index contributed by atoms with van der Waals surface area (Å²) in [5.74, 6) is -0.476. The number of hydrogen-bond donors (Lipinski definition) is 0. The van der Waals surface area contributed by atoms with Crippen molar-refractivity contribution in [3.63, 3.8) is 0 Å². The zero-order valence-electron chi connectivity index (χ0n) is 8.98. The Bertz CT molecular complexity index is 265. The molecule has 0 N–H and O–H groups in total. The predicted molar refractivity (Wildman–Crippen MR) is 51.2 cm³/mol. The zero-order valence-corrected chi connectivity index (χ0v) is 8.98. The van der Waals surface area contributed by atoms with Crippen molar-refractivity contribution >= 4 is 0 Å². The average molecular weight is 218 g/mol. The van der Waals surface area contributed by atoms with E-state index in [-0.39, 0.29) is 17.3 Å². The number of hydrogen-bond acceptors (Lipinski definition) is 0. The fourth-order valence-electron chi connectivity index (χ4n) is 4.97. The lowest BCUT2D eigenvalue weighted by atomic mass is 9.46. The van der Waals surface area contributed by atoms with Crippen LogP contribution in [0.3, 0.4) is 0 Å². The van der Waals surface area contributed by atoms with Crippen LogP contribution in [0.5, 0.6) is 0 Å². The molecule has 4 bridgehead atoms. The molecule has 4 aliphatic rings. The molecule has 86 valence electrons. The van der Waals surface area contributed by atoms with Gasteiger partial charge in [-0.2, -0.15) is 13.2 Å². The van der Waals surface area contributed by atoms with Gasteiger partial charge in [0.25, 0.3) is 0 Å². The van der Waals surface area contributed by atoms with Crippen molar-refractivity contribution in [2.75, 3.05) is 0 Å². The van der Waals surface area contributed by atoms with Crippen LogP contribution >= 0.6 is 0 Å². The third-order valence-electron chi connectivity index (χ3n) is 4.96. The van der Waals surface area contributed by atoms with Crippen molar-refractivity contribution in [1.82, 2.24) is 0 Å². The Hall–Kier alpha value is -0.210. The molecule has 2 atom stereocenters. The molecule has 4 aliphatic carbocycles. The second kappa shape index (κ2) is 2.72. The summed E-state index contributed by atoms with van der Waals surface area (Å²) in [7, 11) is 0. The Morgan fingerprint density at radius 2 is 1.53 bits per heavy atom. The monoisotopic (exact) mass is 218 g/mol. The molecule has 0 saturated heterocycles. The molecule has 0 aromatic heterocycles. The van der Waals surface area contributed by atoms with Crippen molar-refractivity contribution < 1.29 is 13.2 Å². The van der Waals surface area contributed by atoms with Gasteiger partial charge in [-0.15, -0.1) is 0 Å². The van der Waals surface area contributed by atoms with Crippen LogP contribution in [0, 0.1) is 29.1 Å². The molecular weight excluding hydrogens is 201 g/mol. The van der Waals surface area contributed by atoms with E-state index in [0.29, 0.717) is 5.92 Å². The number of rotatable bonds is 0. The smallest absolute Gasteiger partial charge is 0.171 e. The molecule has 0 heterocycles. The molecule has 0 amide bonds. The second-order valence-corrected chi connectivity index (χ2v) is 6.35. The van der Waals surface area contributed by atoms with Gasteiger partial charge < -0.3 is 0 Å². The van der Waals surface area contributed by atoms with Crippen molar-refractivity contribution in [3.05, 3.63) is 0 Å². The quantitative estimate of drug-likeness (QED) is 0.576. The second-order valence-electron chi connectivity index (χ2n) is 6.35. The molecule has 0 radical (unpaired) electrons. The van der Waals surface area contributed by atoms with Crippen LogP contribution in [0.2, 0.25) is 0 Å². The summed E-state index contributed by atoms with van der Waals surface area (Å²) in [6, 6.07) is 0. The SMILES string of the molecule is CC12CC3CC(C1)C(C(F)(F)F)C(C3)C2. The van der Waals surface area contributed by atoms with Crippen LogP contribution in [-0.4, -0.2) is 6.18 Å². The summed E-state index contributed by atoms with van der Waals surface area (Å²) >= 11 is 0. The van der Waals surface area contributed by atoms with Crippen LogP contribution in [0.1, 0.15) is 39.0 Å². The Labute approximate surface area is 88.2 Å². The molecule has 0 aromatic rings. The minimum absolute atomic E-state index is 0.0544. The molecule has 0 aliphatic heterocycles. The molecular formula is C12H17F3. The van der Waals surface area contributed by atoms with Crippen LogP contribution in [0.4, 0.5) is 13.2 Å². The Balaban J connectivity index is 1.91. The summed E-state index contributed by atoms with van der Waals surface area (Å²) in [4.78, 5) is 0. The molecule has 4 fully saturated rings. The van der Waals surface area contributed by atoms with Crippen LogP contribution in [0.25, 0.3) is 0 Å². The summed E-state index contributed by atoms with van der Waals surface area (Å²) < 4.78 is 38.8. The van der Waals surface area contributed by atoms with Crippen LogP contribution < -0.4 is 0 Å². The normalized spacial score (nSPS) is 53.6. The highest BCUT2D eigenvalue weighted by Crippen LogP contribution is 2.64. The van der Waals surface area contributed by atoms with E-state index in [4.69, 9.17) is 0 Å². The highest BCUT2D eigenvalue weighted by molar-refractivity contribution is 5.04. The van der Waals surface area contributed by atoms with Gasteiger partial charge in [0.2, 0.25) is 0 Å². The predicted octanol–water partition coefficient (Wildman–Crippen LogP) is 4.01. The van der Waals surface area contributed by atoms with E-state index in [2.05, 4.69) is 6.92 Å². The molecule has 3 heteroatoms. The van der Waals surface area contributed by atoms with Crippen molar-refractivity contribution in [2.24, 2.45) is 29.1 Å². The maximum Gasteiger partial charge on any atom is 0.392 e. The van der Waals surface area contributed by atoms with E-state index in [1.165, 1.54) is 6.42 Å². The van der Waals surface area contributed by atoms with E-state index in [1.54, 1.807) is 0 Å². The van der Waals surface area contributed by atoms with Gasteiger partial charge in [0.1, 0.15) is 0 Å². The summed E-state index contributed by atoms with van der Waals surface area (Å²) in [6.45, 7) is 2.20. The van der Waals surface area contributed by atoms with E-state index in [1.807, 2.05) is 0 Å². The standard InChI is InChI=1S/C12H17F3/c1-11-4-7-2-8(5-11)10(12(13,14)15)9(3-7)6-11/h7-10H,2-6H2,1H3. The van der Waals surface area contributed by atoms with Gasteiger partial charge in [0, 0.05) is 0 Å². The maximum absolute atomic E-state index is 12.9. The highest BCUT2D eigenvalue weighted by atomic mass is 19.4. The first-order valence-electron chi connectivity index (χ1n) is 5.94. The summed E-state index contributed by atoms with van der Waals surface area (Å²) in [5, 5.41) is 0. The van der Waals surface area contributed by atoms with Crippen molar-refractivity contribution in [3.8, 4) is 0 Å². The maximum atomic E-state index is 12.9. The van der Waals surface area contributed by atoms with E-state index < -0.39 is 12.1 Å². The molecule has 0 nitrogen and oxygen atoms in total. The lowest BCUT2D eigenvalue weighted by Crippen LogP contribution is -2.53. The largest absolute Gasteiger partial charge is 0.392 e. The lowest BCUT2D eigenvalue weighted by molar-refractivity contribution is -0.248. The molecule has 2 unspecified atom stereocenters. The van der Waals surface area contributed by atoms with E-state index in [9.17, 15) is 13.2 Å². The van der Waals surface area contributed by atoms with Crippen molar-refractivity contribution in [1.29, 1.82) is 0 Å². The average Bonchev–Trinajstić information content (AvgIpc) is 1.94. The molecule has 15 heavy (non-hydrogen) atoms. The first-order valence-corrected chi connectivity index (χ1v) is 5.94. The minimum Gasteiger partial charge on any atom is -0.171 e. The molecule has 0 spiro atoms. The topological polar surface area (TPSA) is 0 Å². The number of alkyl halides is 3. The Kier molecular flexibility index (Phi) is 1.81. The van der Waals surface area contributed by atoms with Crippen LogP contribution in [-0.2, 0) is 0 Å². The first kappa shape index (κ1) is 9.98. The first-order chi connectivity index (χ1) is 6.87. The van der Waals surface area contributed by atoms with E-state index >= 15 is 0 Å². The van der Waals surface area contributed by atoms with Gasteiger partial charge in [-0.25, -0.2) is 0 Å². The minimum atomic E-state index is -3.95. The fraction of sp³-hybridized carbons (Fsp3) is 1.00.